The summed E-state index contributed by atoms with van der Waals surface area (Å²) in [5.41, 5.74) is 0. The Morgan fingerprint density at radius 3 is 2.60 bits per heavy atom. The van der Waals surface area contributed by atoms with Crippen LogP contribution >= 0.6 is 0 Å². The van der Waals surface area contributed by atoms with E-state index in [-0.39, 0.29) is 0 Å². The van der Waals surface area contributed by atoms with Crippen molar-refractivity contribution in [2.45, 2.75) is 71.3 Å². The van der Waals surface area contributed by atoms with Crippen LogP contribution in [-0.2, 0) is 0 Å². The monoisotopic (exact) mass is 211 g/mol. The van der Waals surface area contributed by atoms with Crippen molar-refractivity contribution in [2.24, 2.45) is 11.8 Å². The lowest BCUT2D eigenvalue weighted by molar-refractivity contribution is 0.360. The molecule has 2 atom stereocenters. The van der Waals surface area contributed by atoms with Crippen molar-refractivity contribution < 1.29 is 0 Å². The van der Waals surface area contributed by atoms with E-state index in [9.17, 15) is 0 Å². The van der Waals surface area contributed by atoms with Crippen LogP contribution in [0.15, 0.2) is 0 Å². The van der Waals surface area contributed by atoms with E-state index in [1.807, 2.05) is 0 Å². The summed E-state index contributed by atoms with van der Waals surface area (Å²) < 4.78 is 0. The maximum atomic E-state index is 3.47. The topological polar surface area (TPSA) is 12.0 Å². The number of hydrogen-bond acceptors (Lipinski definition) is 1. The zero-order chi connectivity index (χ0) is 11.1. The molecule has 1 rings (SSSR count). The minimum Gasteiger partial charge on any atom is -0.317 e. The molecular weight excluding hydrogens is 182 g/mol. The fourth-order valence-electron chi connectivity index (χ4n) is 2.80. The SMILES string of the molecule is CNC1CCCCC(CCCC(C)C)C1. The maximum absolute atomic E-state index is 3.47. The van der Waals surface area contributed by atoms with Gasteiger partial charge in [-0.1, -0.05) is 52.4 Å². The summed E-state index contributed by atoms with van der Waals surface area (Å²) >= 11 is 0. The summed E-state index contributed by atoms with van der Waals surface area (Å²) in [6.07, 6.45) is 11.5. The van der Waals surface area contributed by atoms with Crippen molar-refractivity contribution in [3.8, 4) is 0 Å². The highest BCUT2D eigenvalue weighted by Gasteiger charge is 2.18. The van der Waals surface area contributed by atoms with Gasteiger partial charge in [0, 0.05) is 6.04 Å². The highest BCUT2D eigenvalue weighted by atomic mass is 14.9. The molecule has 0 radical (unpaired) electrons. The molecule has 0 aromatic heterocycles. The number of rotatable bonds is 5. The molecular formula is C14H29N. The van der Waals surface area contributed by atoms with Gasteiger partial charge in [-0.15, -0.1) is 0 Å². The van der Waals surface area contributed by atoms with Crippen molar-refractivity contribution >= 4 is 0 Å². The Balaban J connectivity index is 2.20. The van der Waals surface area contributed by atoms with Gasteiger partial charge in [0.15, 0.2) is 0 Å². The van der Waals surface area contributed by atoms with Crippen LogP contribution in [0, 0.1) is 11.8 Å². The molecule has 1 heteroatoms. The quantitative estimate of drug-likeness (QED) is 0.678. The standard InChI is InChI=1S/C14H29N/c1-12(2)7-6-9-13-8-4-5-10-14(11-13)15-3/h12-15H,4-11H2,1-3H3. The predicted molar refractivity (Wildman–Crippen MR) is 68.1 cm³/mol. The average Bonchev–Trinajstić information content (AvgIpc) is 2.42. The molecule has 0 amide bonds. The predicted octanol–water partition coefficient (Wildman–Crippen LogP) is 3.98. The number of hydrogen-bond donors (Lipinski definition) is 1. The third-order valence-corrected chi connectivity index (χ3v) is 3.83. The molecule has 0 saturated heterocycles. The van der Waals surface area contributed by atoms with E-state index < -0.39 is 0 Å². The molecule has 1 fully saturated rings. The van der Waals surface area contributed by atoms with E-state index in [0.29, 0.717) is 0 Å². The van der Waals surface area contributed by atoms with Crippen molar-refractivity contribution in [1.82, 2.24) is 5.32 Å². The lowest BCUT2D eigenvalue weighted by Gasteiger charge is -2.19. The van der Waals surface area contributed by atoms with Gasteiger partial charge in [0.25, 0.3) is 0 Å². The Morgan fingerprint density at radius 2 is 1.93 bits per heavy atom. The molecule has 1 nitrogen and oxygen atoms in total. The van der Waals surface area contributed by atoms with Crippen molar-refractivity contribution in [3.63, 3.8) is 0 Å². The first kappa shape index (κ1) is 13.0. The Hall–Kier alpha value is -0.0400. The van der Waals surface area contributed by atoms with E-state index in [1.54, 1.807) is 0 Å². The zero-order valence-electron chi connectivity index (χ0n) is 10.9. The van der Waals surface area contributed by atoms with Crippen LogP contribution < -0.4 is 5.32 Å². The molecule has 1 aliphatic rings. The van der Waals surface area contributed by atoms with Gasteiger partial charge in [0.2, 0.25) is 0 Å². The van der Waals surface area contributed by atoms with Gasteiger partial charge in [-0.05, 0) is 31.7 Å². The normalized spacial score (nSPS) is 28.0. The van der Waals surface area contributed by atoms with Gasteiger partial charge in [-0.3, -0.25) is 0 Å². The summed E-state index contributed by atoms with van der Waals surface area (Å²) in [4.78, 5) is 0. The van der Waals surface area contributed by atoms with E-state index in [2.05, 4.69) is 26.2 Å². The summed E-state index contributed by atoms with van der Waals surface area (Å²) in [7, 11) is 2.13. The second kappa shape index (κ2) is 7.27. The van der Waals surface area contributed by atoms with Crippen LogP contribution in [0.5, 0.6) is 0 Å². The molecule has 0 aromatic rings. The molecule has 1 saturated carbocycles. The molecule has 1 N–H and O–H groups in total. The minimum absolute atomic E-state index is 0.802. The first-order chi connectivity index (χ1) is 7.22. The lowest BCUT2D eigenvalue weighted by atomic mass is 9.91. The van der Waals surface area contributed by atoms with Gasteiger partial charge < -0.3 is 5.32 Å². The zero-order valence-corrected chi connectivity index (χ0v) is 10.9. The largest absolute Gasteiger partial charge is 0.317 e. The molecule has 2 unspecified atom stereocenters. The Labute approximate surface area is 96.0 Å². The second-order valence-corrected chi connectivity index (χ2v) is 5.70. The van der Waals surface area contributed by atoms with Crippen LogP contribution in [0.3, 0.4) is 0 Å². The van der Waals surface area contributed by atoms with E-state index in [0.717, 1.165) is 17.9 Å². The van der Waals surface area contributed by atoms with Gasteiger partial charge in [0.1, 0.15) is 0 Å². The third kappa shape index (κ3) is 5.55. The van der Waals surface area contributed by atoms with Gasteiger partial charge >= 0.3 is 0 Å². The maximum Gasteiger partial charge on any atom is 0.00667 e. The Morgan fingerprint density at radius 1 is 1.20 bits per heavy atom. The van der Waals surface area contributed by atoms with E-state index in [1.165, 1.54) is 51.4 Å². The van der Waals surface area contributed by atoms with Crippen molar-refractivity contribution in [2.75, 3.05) is 7.05 Å². The van der Waals surface area contributed by atoms with Crippen LogP contribution in [-0.4, -0.2) is 13.1 Å². The highest BCUT2D eigenvalue weighted by Crippen LogP contribution is 2.27. The lowest BCUT2D eigenvalue weighted by Crippen LogP contribution is -2.26. The van der Waals surface area contributed by atoms with Crippen molar-refractivity contribution in [1.29, 1.82) is 0 Å². The highest BCUT2D eigenvalue weighted by molar-refractivity contribution is 4.75. The van der Waals surface area contributed by atoms with Gasteiger partial charge in [0.05, 0.1) is 0 Å². The fraction of sp³-hybridized carbons (Fsp3) is 1.00. The second-order valence-electron chi connectivity index (χ2n) is 5.70. The Bertz CT molecular complexity index is 153. The minimum atomic E-state index is 0.802. The third-order valence-electron chi connectivity index (χ3n) is 3.83. The molecule has 0 bridgehead atoms. The summed E-state index contributed by atoms with van der Waals surface area (Å²) in [6.45, 7) is 4.67. The van der Waals surface area contributed by atoms with Crippen LogP contribution in [0.2, 0.25) is 0 Å². The summed E-state index contributed by atoms with van der Waals surface area (Å²) in [6, 6.07) is 0.802. The van der Waals surface area contributed by atoms with Gasteiger partial charge in [-0.2, -0.15) is 0 Å². The number of nitrogens with one attached hydrogen (secondary N) is 1. The van der Waals surface area contributed by atoms with Crippen molar-refractivity contribution in [3.05, 3.63) is 0 Å². The summed E-state index contributed by atoms with van der Waals surface area (Å²) in [5.74, 6) is 1.89. The first-order valence-electron chi connectivity index (χ1n) is 6.89. The molecule has 0 heterocycles. The van der Waals surface area contributed by atoms with Gasteiger partial charge in [-0.25, -0.2) is 0 Å². The van der Waals surface area contributed by atoms with E-state index in [4.69, 9.17) is 0 Å². The molecule has 15 heavy (non-hydrogen) atoms. The van der Waals surface area contributed by atoms with Crippen LogP contribution in [0.1, 0.15) is 65.2 Å². The average molecular weight is 211 g/mol. The van der Waals surface area contributed by atoms with E-state index >= 15 is 0 Å². The first-order valence-corrected chi connectivity index (χ1v) is 6.89. The fourth-order valence-corrected chi connectivity index (χ4v) is 2.80. The molecule has 0 aromatic carbocycles. The molecule has 1 aliphatic carbocycles. The van der Waals surface area contributed by atoms with Crippen LogP contribution in [0.25, 0.3) is 0 Å². The molecule has 0 spiro atoms. The molecule has 0 aliphatic heterocycles. The Kier molecular flexibility index (Phi) is 6.31. The molecule has 90 valence electrons. The smallest absolute Gasteiger partial charge is 0.00667 e. The van der Waals surface area contributed by atoms with Crippen LogP contribution in [0.4, 0.5) is 0 Å². The summed E-state index contributed by atoms with van der Waals surface area (Å²) in [5, 5.41) is 3.47.